The maximum Gasteiger partial charge on any atom is 0.273 e. The van der Waals surface area contributed by atoms with Crippen LogP contribution in [0.5, 0.6) is 0 Å². The number of aromatic nitrogens is 2. The predicted molar refractivity (Wildman–Crippen MR) is 102 cm³/mol. The molecule has 0 saturated carbocycles. The van der Waals surface area contributed by atoms with Crippen LogP contribution in [0.4, 0.5) is 5.69 Å². The van der Waals surface area contributed by atoms with E-state index in [0.717, 1.165) is 23.0 Å². The molecule has 0 unspecified atom stereocenters. The highest BCUT2D eigenvalue weighted by atomic mass is 16.6. The molecule has 27 heavy (non-hydrogen) atoms. The van der Waals surface area contributed by atoms with E-state index in [4.69, 9.17) is 0 Å². The zero-order valence-corrected chi connectivity index (χ0v) is 14.8. The first-order chi connectivity index (χ1) is 13.0. The minimum Gasteiger partial charge on any atom is -0.346 e. The minimum atomic E-state index is -0.453. The van der Waals surface area contributed by atoms with E-state index in [-0.39, 0.29) is 11.6 Å². The van der Waals surface area contributed by atoms with E-state index in [1.165, 1.54) is 11.6 Å². The predicted octanol–water partition coefficient (Wildman–Crippen LogP) is 3.71. The molecule has 0 saturated heterocycles. The van der Waals surface area contributed by atoms with Crippen LogP contribution in [0.15, 0.2) is 48.8 Å². The molecule has 1 N–H and O–H groups in total. The number of nitrogens with one attached hydrogen (secondary N) is 1. The van der Waals surface area contributed by atoms with Gasteiger partial charge in [-0.25, -0.2) is 4.98 Å². The highest BCUT2D eigenvalue weighted by Crippen LogP contribution is 2.29. The fraction of sp³-hybridized carbons (Fsp3) is 0.200. The number of aromatic amines is 1. The molecule has 1 aromatic carbocycles. The molecular weight excluding hydrogens is 344 g/mol. The third-order valence-electron chi connectivity index (χ3n) is 4.95. The molecule has 0 aliphatic carbocycles. The van der Waals surface area contributed by atoms with E-state index in [1.807, 2.05) is 24.4 Å². The topological polar surface area (TPSA) is 92.1 Å². The van der Waals surface area contributed by atoms with Gasteiger partial charge in [-0.15, -0.1) is 0 Å². The van der Waals surface area contributed by atoms with Crippen molar-refractivity contribution in [2.45, 2.75) is 13.3 Å². The van der Waals surface area contributed by atoms with Crippen molar-refractivity contribution in [1.29, 1.82) is 0 Å². The third kappa shape index (κ3) is 3.08. The summed E-state index contributed by atoms with van der Waals surface area (Å²) in [6.07, 6.45) is 6.46. The summed E-state index contributed by atoms with van der Waals surface area (Å²) in [6, 6.07) is 8.56. The Morgan fingerprint density at radius 1 is 1.33 bits per heavy atom. The lowest BCUT2D eigenvalue weighted by molar-refractivity contribution is -0.385. The summed E-state index contributed by atoms with van der Waals surface area (Å²) in [5.41, 5.74) is 3.99. The van der Waals surface area contributed by atoms with Crippen LogP contribution in [0.3, 0.4) is 0 Å². The molecule has 2 aromatic heterocycles. The molecule has 1 aliphatic rings. The van der Waals surface area contributed by atoms with E-state index in [0.29, 0.717) is 24.2 Å². The number of carbonyl (C=O) groups is 1. The highest BCUT2D eigenvalue weighted by Gasteiger charge is 2.22. The zero-order valence-electron chi connectivity index (χ0n) is 14.8. The summed E-state index contributed by atoms with van der Waals surface area (Å²) < 4.78 is 0. The second-order valence-corrected chi connectivity index (χ2v) is 6.59. The summed E-state index contributed by atoms with van der Waals surface area (Å²) in [4.78, 5) is 32.6. The Balaban J connectivity index is 1.56. The molecule has 136 valence electrons. The van der Waals surface area contributed by atoms with Crippen molar-refractivity contribution in [2.75, 3.05) is 13.1 Å². The van der Waals surface area contributed by atoms with Crippen LogP contribution in [-0.2, 0) is 0 Å². The van der Waals surface area contributed by atoms with Gasteiger partial charge in [0.25, 0.3) is 11.6 Å². The zero-order chi connectivity index (χ0) is 19.0. The molecule has 4 rings (SSSR count). The number of nitro benzene ring substituents is 1. The van der Waals surface area contributed by atoms with Gasteiger partial charge in [0.1, 0.15) is 5.65 Å². The van der Waals surface area contributed by atoms with Gasteiger partial charge in [-0.2, -0.15) is 0 Å². The average Bonchev–Trinajstić information content (AvgIpc) is 3.12. The molecule has 1 amide bonds. The van der Waals surface area contributed by atoms with Gasteiger partial charge >= 0.3 is 0 Å². The van der Waals surface area contributed by atoms with Crippen LogP contribution in [-0.4, -0.2) is 38.8 Å². The number of carbonyl (C=O) groups excluding carboxylic acids is 1. The quantitative estimate of drug-likeness (QED) is 0.568. The number of H-pyrrole nitrogens is 1. The Labute approximate surface area is 155 Å². The number of benzene rings is 1. The van der Waals surface area contributed by atoms with E-state index in [1.54, 1.807) is 30.2 Å². The fourth-order valence-corrected chi connectivity index (χ4v) is 3.44. The lowest BCUT2D eigenvalue weighted by Crippen LogP contribution is -2.34. The lowest BCUT2D eigenvalue weighted by Gasteiger charge is -2.26. The van der Waals surface area contributed by atoms with E-state index in [9.17, 15) is 14.9 Å². The Kier molecular flexibility index (Phi) is 4.19. The summed E-state index contributed by atoms with van der Waals surface area (Å²) in [6.45, 7) is 2.71. The standard InChI is InChI=1S/C20H18N4O3/c1-13-4-5-15(11-18(13)24(26)27)20(25)23-9-6-14(7-10-23)17-12-22-19-16(17)3-2-8-21-19/h2-6,8,11-12H,7,9-10H2,1H3,(H,21,22). The SMILES string of the molecule is Cc1ccc(C(=O)N2CC=C(c3c[nH]c4ncccc34)CC2)cc1[N+](=O)[O-]. The van der Waals surface area contributed by atoms with Gasteiger partial charge in [0.2, 0.25) is 0 Å². The van der Waals surface area contributed by atoms with Gasteiger partial charge in [-0.1, -0.05) is 12.1 Å². The molecule has 3 heterocycles. The minimum absolute atomic E-state index is 0.0274. The number of fused-ring (bicyclic) bond motifs is 1. The number of pyridine rings is 1. The van der Waals surface area contributed by atoms with Crippen LogP contribution < -0.4 is 0 Å². The highest BCUT2D eigenvalue weighted by molar-refractivity contribution is 5.96. The van der Waals surface area contributed by atoms with E-state index >= 15 is 0 Å². The third-order valence-corrected chi connectivity index (χ3v) is 4.95. The Morgan fingerprint density at radius 2 is 2.19 bits per heavy atom. The van der Waals surface area contributed by atoms with Crippen molar-refractivity contribution in [1.82, 2.24) is 14.9 Å². The molecule has 0 bridgehead atoms. The van der Waals surface area contributed by atoms with Gasteiger partial charge in [0.05, 0.1) is 4.92 Å². The number of aryl methyl sites for hydroxylation is 1. The molecule has 3 aromatic rings. The molecule has 0 spiro atoms. The molecular formula is C20H18N4O3. The molecule has 0 radical (unpaired) electrons. The average molecular weight is 362 g/mol. The lowest BCUT2D eigenvalue weighted by atomic mass is 9.99. The van der Waals surface area contributed by atoms with Gasteiger partial charge in [-0.05, 0) is 37.1 Å². The van der Waals surface area contributed by atoms with Crippen molar-refractivity contribution < 1.29 is 9.72 Å². The number of hydrogen-bond acceptors (Lipinski definition) is 4. The Morgan fingerprint density at radius 3 is 2.93 bits per heavy atom. The summed E-state index contributed by atoms with van der Waals surface area (Å²) in [5.74, 6) is -0.186. The van der Waals surface area contributed by atoms with Gasteiger partial charge in [-0.3, -0.25) is 14.9 Å². The van der Waals surface area contributed by atoms with E-state index in [2.05, 4.69) is 9.97 Å². The number of nitrogens with zero attached hydrogens (tertiary/aromatic N) is 3. The second kappa shape index (κ2) is 6.68. The van der Waals surface area contributed by atoms with E-state index < -0.39 is 4.92 Å². The summed E-state index contributed by atoms with van der Waals surface area (Å²) in [7, 11) is 0. The fourth-order valence-electron chi connectivity index (χ4n) is 3.44. The second-order valence-electron chi connectivity index (χ2n) is 6.59. The molecule has 0 fully saturated rings. The maximum absolute atomic E-state index is 12.7. The monoisotopic (exact) mass is 362 g/mol. The normalized spacial score (nSPS) is 14.3. The first-order valence-corrected chi connectivity index (χ1v) is 8.70. The number of hydrogen-bond donors (Lipinski definition) is 1. The van der Waals surface area contributed by atoms with Gasteiger partial charge in [0, 0.05) is 53.6 Å². The first kappa shape index (κ1) is 17.0. The van der Waals surface area contributed by atoms with Gasteiger partial charge < -0.3 is 9.88 Å². The van der Waals surface area contributed by atoms with Crippen LogP contribution >= 0.6 is 0 Å². The van der Waals surface area contributed by atoms with Crippen LogP contribution in [0.1, 0.15) is 27.9 Å². The van der Waals surface area contributed by atoms with Crippen molar-refractivity contribution in [3.8, 4) is 0 Å². The van der Waals surface area contributed by atoms with Crippen molar-refractivity contribution in [3.63, 3.8) is 0 Å². The number of rotatable bonds is 3. The van der Waals surface area contributed by atoms with Crippen LogP contribution in [0.2, 0.25) is 0 Å². The first-order valence-electron chi connectivity index (χ1n) is 8.70. The van der Waals surface area contributed by atoms with Crippen LogP contribution in [0.25, 0.3) is 16.6 Å². The van der Waals surface area contributed by atoms with Crippen molar-refractivity contribution >= 4 is 28.2 Å². The Bertz CT molecular complexity index is 1080. The largest absolute Gasteiger partial charge is 0.346 e. The molecule has 0 atom stereocenters. The van der Waals surface area contributed by atoms with Crippen molar-refractivity contribution in [2.24, 2.45) is 0 Å². The molecule has 1 aliphatic heterocycles. The summed E-state index contributed by atoms with van der Waals surface area (Å²) >= 11 is 0. The Hall–Kier alpha value is -3.48. The maximum atomic E-state index is 12.7. The van der Waals surface area contributed by atoms with Crippen molar-refractivity contribution in [3.05, 3.63) is 75.6 Å². The van der Waals surface area contributed by atoms with Gasteiger partial charge in [0.15, 0.2) is 0 Å². The smallest absolute Gasteiger partial charge is 0.273 e. The molecule has 7 heteroatoms. The van der Waals surface area contributed by atoms with Crippen LogP contribution in [0, 0.1) is 17.0 Å². The molecule has 7 nitrogen and oxygen atoms in total. The summed E-state index contributed by atoms with van der Waals surface area (Å²) in [5, 5.41) is 12.2. The number of nitro groups is 1. The number of amides is 1.